The maximum absolute atomic E-state index is 12.8. The van der Waals surface area contributed by atoms with Crippen LogP contribution in [0.3, 0.4) is 0 Å². The molecule has 5 aliphatic heterocycles. The van der Waals surface area contributed by atoms with E-state index in [4.69, 9.17) is 28.7 Å². The van der Waals surface area contributed by atoms with Gasteiger partial charge >= 0.3 is 12.1 Å². The van der Waals surface area contributed by atoms with Crippen LogP contribution < -0.4 is 0 Å². The first-order valence-corrected chi connectivity index (χ1v) is 13.8. The summed E-state index contributed by atoms with van der Waals surface area (Å²) in [5.41, 5.74) is -0.711. The second kappa shape index (κ2) is 10.3. The standard InChI is InChI=1S/C26H40N2O9/c1-5-32-24(31)28-14-12-27(13-15-28)20(29)8-9-21(30)33-22-17(3)19-7-6-16(2)18-10-11-25(4)35-23(34-22)26(18,19)37-36-25/h16-19,22-23H,5-15H2,1-4H3/t16-,17-,18-,19-,22-,23-,25-,26-/m1/s1. The molecule has 11 heteroatoms. The van der Waals surface area contributed by atoms with Crippen molar-refractivity contribution in [2.24, 2.45) is 23.7 Å². The average molecular weight is 525 g/mol. The van der Waals surface area contributed by atoms with Gasteiger partial charge < -0.3 is 28.7 Å². The van der Waals surface area contributed by atoms with Crippen LogP contribution in [0.1, 0.15) is 66.2 Å². The third kappa shape index (κ3) is 4.84. The molecule has 8 atom stereocenters. The van der Waals surface area contributed by atoms with Crippen LogP contribution >= 0.6 is 0 Å². The zero-order valence-electron chi connectivity index (χ0n) is 22.3. The molecular formula is C26H40N2O9. The minimum Gasteiger partial charge on any atom is -0.450 e. The highest BCUT2D eigenvalue weighted by atomic mass is 17.3. The second-order valence-corrected chi connectivity index (χ2v) is 11.3. The molecule has 5 heterocycles. The van der Waals surface area contributed by atoms with E-state index in [1.165, 1.54) is 0 Å². The summed E-state index contributed by atoms with van der Waals surface area (Å²) in [6, 6.07) is 0. The monoisotopic (exact) mass is 524 g/mol. The van der Waals surface area contributed by atoms with Crippen LogP contribution in [0.5, 0.6) is 0 Å². The maximum Gasteiger partial charge on any atom is 0.409 e. The molecule has 1 aliphatic carbocycles. The molecular weight excluding hydrogens is 484 g/mol. The summed E-state index contributed by atoms with van der Waals surface area (Å²) < 4.78 is 23.4. The number of carbonyl (C=O) groups excluding carboxylic acids is 3. The Morgan fingerprint density at radius 3 is 2.41 bits per heavy atom. The minimum atomic E-state index is -0.892. The lowest BCUT2D eigenvalue weighted by Crippen LogP contribution is -2.70. The molecule has 6 rings (SSSR count). The van der Waals surface area contributed by atoms with E-state index in [1.807, 2.05) is 13.8 Å². The lowest BCUT2D eigenvalue weighted by molar-refractivity contribution is -0.576. The van der Waals surface area contributed by atoms with Crippen molar-refractivity contribution in [1.82, 2.24) is 9.80 Å². The molecule has 0 unspecified atom stereocenters. The second-order valence-electron chi connectivity index (χ2n) is 11.3. The van der Waals surface area contributed by atoms with Crippen molar-refractivity contribution < 1.29 is 43.1 Å². The zero-order chi connectivity index (χ0) is 26.4. The molecule has 0 aromatic heterocycles. The topological polar surface area (TPSA) is 113 Å². The van der Waals surface area contributed by atoms with Crippen LogP contribution in [0.2, 0.25) is 0 Å². The van der Waals surface area contributed by atoms with Crippen LogP contribution in [0.15, 0.2) is 0 Å². The molecule has 2 amide bonds. The summed E-state index contributed by atoms with van der Waals surface area (Å²) in [6.07, 6.45) is 1.79. The third-order valence-corrected chi connectivity index (χ3v) is 9.05. The lowest BCUT2D eigenvalue weighted by Gasteiger charge is -2.59. The Balaban J connectivity index is 1.16. The van der Waals surface area contributed by atoms with Crippen molar-refractivity contribution in [2.75, 3.05) is 32.8 Å². The van der Waals surface area contributed by atoms with Gasteiger partial charge in [-0.15, -0.1) is 0 Å². The number of piperazine rings is 1. The molecule has 6 fully saturated rings. The third-order valence-electron chi connectivity index (χ3n) is 9.05. The highest BCUT2D eigenvalue weighted by Crippen LogP contribution is 2.60. The lowest BCUT2D eigenvalue weighted by atomic mass is 9.58. The van der Waals surface area contributed by atoms with Gasteiger partial charge in [0.25, 0.3) is 0 Å². The molecule has 1 saturated carbocycles. The van der Waals surface area contributed by atoms with E-state index in [0.29, 0.717) is 45.1 Å². The summed E-state index contributed by atoms with van der Waals surface area (Å²) in [6.45, 7) is 9.87. The number of nitrogens with zero attached hydrogens (tertiary/aromatic N) is 2. The fourth-order valence-electron chi connectivity index (χ4n) is 6.92. The molecule has 11 nitrogen and oxygen atoms in total. The van der Waals surface area contributed by atoms with Gasteiger partial charge in [0.15, 0.2) is 11.9 Å². The number of hydrogen-bond donors (Lipinski definition) is 0. The number of rotatable bonds is 5. The quantitative estimate of drug-likeness (QED) is 0.396. The summed E-state index contributed by atoms with van der Waals surface area (Å²) >= 11 is 0. The fourth-order valence-corrected chi connectivity index (χ4v) is 6.92. The van der Waals surface area contributed by atoms with Crippen LogP contribution in [0.25, 0.3) is 0 Å². The van der Waals surface area contributed by atoms with Crippen molar-refractivity contribution in [2.45, 2.75) is 90.2 Å². The van der Waals surface area contributed by atoms with E-state index in [-0.39, 0.29) is 42.6 Å². The van der Waals surface area contributed by atoms with Gasteiger partial charge in [-0.2, -0.15) is 0 Å². The highest BCUT2D eigenvalue weighted by Gasteiger charge is 2.69. The van der Waals surface area contributed by atoms with Gasteiger partial charge in [-0.3, -0.25) is 9.59 Å². The van der Waals surface area contributed by atoms with E-state index in [1.54, 1.807) is 16.7 Å². The normalized spacial score (nSPS) is 41.0. The number of carbonyl (C=O) groups is 3. The van der Waals surface area contributed by atoms with Crippen LogP contribution in [-0.2, 0) is 38.3 Å². The van der Waals surface area contributed by atoms with Crippen molar-refractivity contribution in [3.63, 3.8) is 0 Å². The smallest absolute Gasteiger partial charge is 0.409 e. The number of hydrogen-bond acceptors (Lipinski definition) is 9. The number of fused-ring (bicyclic) bond motifs is 2. The van der Waals surface area contributed by atoms with Crippen molar-refractivity contribution in [3.05, 3.63) is 0 Å². The predicted octanol–water partition coefficient (Wildman–Crippen LogP) is 2.82. The largest absolute Gasteiger partial charge is 0.450 e. The molecule has 0 radical (unpaired) electrons. The SMILES string of the molecule is CCOC(=O)N1CCN(C(=O)CCC(=O)O[C@@H]2O[C@@H]3O[C@@]4(C)CC[C@@H]5[C@H](C)CC[C@H]([C@H]2C)[C@@]35OO4)CC1. The van der Waals surface area contributed by atoms with Gasteiger partial charge in [-0.25, -0.2) is 14.6 Å². The Kier molecular flexibility index (Phi) is 7.43. The Bertz CT molecular complexity index is 893. The maximum atomic E-state index is 12.8. The predicted molar refractivity (Wildman–Crippen MR) is 127 cm³/mol. The summed E-state index contributed by atoms with van der Waals surface area (Å²) in [5, 5.41) is 0. The number of amides is 2. The van der Waals surface area contributed by atoms with Gasteiger partial charge in [-0.1, -0.05) is 13.8 Å². The van der Waals surface area contributed by atoms with Gasteiger partial charge in [0.05, 0.1) is 13.0 Å². The van der Waals surface area contributed by atoms with Gasteiger partial charge in [0.1, 0.15) is 0 Å². The van der Waals surface area contributed by atoms with Crippen molar-refractivity contribution >= 4 is 18.0 Å². The average Bonchev–Trinajstić information content (AvgIpc) is 3.11. The first-order valence-electron chi connectivity index (χ1n) is 13.8. The van der Waals surface area contributed by atoms with E-state index in [0.717, 1.165) is 19.3 Å². The minimum absolute atomic E-state index is 0.0399. The zero-order valence-corrected chi connectivity index (χ0v) is 22.3. The Morgan fingerprint density at radius 1 is 0.946 bits per heavy atom. The summed E-state index contributed by atoms with van der Waals surface area (Å²) in [4.78, 5) is 52.5. The van der Waals surface area contributed by atoms with Crippen LogP contribution in [0.4, 0.5) is 4.79 Å². The van der Waals surface area contributed by atoms with Crippen LogP contribution in [-0.4, -0.2) is 84.5 Å². The Morgan fingerprint density at radius 2 is 1.68 bits per heavy atom. The van der Waals surface area contributed by atoms with E-state index in [9.17, 15) is 14.4 Å². The highest BCUT2D eigenvalue weighted by molar-refractivity contribution is 5.81. The van der Waals surface area contributed by atoms with Crippen molar-refractivity contribution in [1.29, 1.82) is 0 Å². The molecule has 208 valence electrons. The van der Waals surface area contributed by atoms with E-state index < -0.39 is 29.9 Å². The van der Waals surface area contributed by atoms with Crippen molar-refractivity contribution in [3.8, 4) is 0 Å². The molecule has 1 spiro atoms. The van der Waals surface area contributed by atoms with E-state index in [2.05, 4.69) is 6.92 Å². The summed E-state index contributed by atoms with van der Waals surface area (Å²) in [7, 11) is 0. The molecule has 37 heavy (non-hydrogen) atoms. The Labute approximate surface area is 217 Å². The molecule has 5 saturated heterocycles. The Hall–Kier alpha value is -1.95. The molecule has 0 N–H and O–H groups in total. The van der Waals surface area contributed by atoms with Gasteiger partial charge in [-0.05, 0) is 44.9 Å². The van der Waals surface area contributed by atoms with Gasteiger partial charge in [0, 0.05) is 50.9 Å². The molecule has 0 aromatic rings. The number of esters is 1. The van der Waals surface area contributed by atoms with E-state index >= 15 is 0 Å². The molecule has 0 aromatic carbocycles. The number of ether oxygens (including phenoxy) is 4. The summed E-state index contributed by atoms with van der Waals surface area (Å²) in [5.74, 6) is -0.871. The first kappa shape index (κ1) is 26.6. The van der Waals surface area contributed by atoms with Gasteiger partial charge in [0.2, 0.25) is 18.0 Å². The van der Waals surface area contributed by atoms with Crippen LogP contribution in [0, 0.1) is 23.7 Å². The fraction of sp³-hybridized carbons (Fsp3) is 0.885. The molecule has 6 aliphatic rings. The first-order chi connectivity index (χ1) is 17.7. The molecule has 2 bridgehead atoms.